The van der Waals surface area contributed by atoms with Gasteiger partial charge < -0.3 is 29.4 Å². The van der Waals surface area contributed by atoms with Crippen LogP contribution in [0.3, 0.4) is 0 Å². The molecule has 0 aliphatic carbocycles. The molecular formula is C25H28ClN3O5. The number of primary amides is 1. The number of ether oxygens (including phenoxy) is 3. The first-order valence-electron chi connectivity index (χ1n) is 11.0. The maximum absolute atomic E-state index is 13.2. The third-order valence-electron chi connectivity index (χ3n) is 6.34. The van der Waals surface area contributed by atoms with Crippen molar-refractivity contribution < 1.29 is 26.7 Å². The third-order valence-corrected chi connectivity index (χ3v) is 6.58. The van der Waals surface area contributed by atoms with Gasteiger partial charge >= 0.3 is 0 Å². The van der Waals surface area contributed by atoms with Crippen molar-refractivity contribution in [3.63, 3.8) is 0 Å². The number of amides is 2. The molecule has 2 aliphatic heterocycles. The summed E-state index contributed by atoms with van der Waals surface area (Å²) in [6.45, 7) is 0.790. The number of likely N-dealkylation sites (tertiary alicyclic amines) is 1. The molecule has 0 saturated carbocycles. The van der Waals surface area contributed by atoms with Crippen LogP contribution in [0.5, 0.6) is 17.2 Å². The molecule has 0 bridgehead atoms. The lowest BCUT2D eigenvalue weighted by Gasteiger charge is -2.45. The summed E-state index contributed by atoms with van der Waals surface area (Å²) >= 11 is 6.22. The van der Waals surface area contributed by atoms with Crippen molar-refractivity contribution in [3.8, 4) is 22.9 Å². The van der Waals surface area contributed by atoms with Gasteiger partial charge in [0.1, 0.15) is 5.75 Å². The SMILES string of the molecule is COc1cc(C(=O)N2CCC3(CC2)Oc2cc(Cl)ccc2-n2cccc23)ccc1OCC(N)=O.[HH].[HH]. The Balaban J connectivity index is 0.00000180. The summed E-state index contributed by atoms with van der Waals surface area (Å²) in [7, 11) is 1.48. The molecule has 1 saturated heterocycles. The lowest BCUT2D eigenvalue weighted by atomic mass is 9.86. The van der Waals surface area contributed by atoms with Crippen LogP contribution < -0.4 is 19.9 Å². The molecule has 1 aromatic heterocycles. The van der Waals surface area contributed by atoms with Gasteiger partial charge in [-0.3, -0.25) is 9.59 Å². The summed E-state index contributed by atoms with van der Waals surface area (Å²) < 4.78 is 19.4. The first kappa shape index (κ1) is 22.2. The maximum Gasteiger partial charge on any atom is 0.255 e. The van der Waals surface area contributed by atoms with E-state index in [2.05, 4.69) is 10.6 Å². The molecule has 1 fully saturated rings. The van der Waals surface area contributed by atoms with Crippen LogP contribution in [0.15, 0.2) is 54.7 Å². The van der Waals surface area contributed by atoms with Gasteiger partial charge in [-0.1, -0.05) is 11.6 Å². The molecule has 0 unspecified atom stereocenters. The molecule has 3 aromatic rings. The molecule has 0 radical (unpaired) electrons. The van der Waals surface area contributed by atoms with Crippen molar-refractivity contribution in [1.29, 1.82) is 0 Å². The van der Waals surface area contributed by atoms with Crippen LogP contribution in [-0.4, -0.2) is 48.1 Å². The van der Waals surface area contributed by atoms with Crippen molar-refractivity contribution in [2.45, 2.75) is 18.4 Å². The number of hydrogen-bond donors (Lipinski definition) is 1. The summed E-state index contributed by atoms with van der Waals surface area (Å²) in [4.78, 5) is 26.1. The van der Waals surface area contributed by atoms with Gasteiger partial charge in [0, 0.05) is 51.6 Å². The number of carbonyl (C=O) groups is 2. The van der Waals surface area contributed by atoms with Crippen LogP contribution in [0.4, 0.5) is 0 Å². The van der Waals surface area contributed by atoms with Gasteiger partial charge in [0.2, 0.25) is 0 Å². The highest BCUT2D eigenvalue weighted by atomic mass is 35.5. The van der Waals surface area contributed by atoms with E-state index in [1.807, 2.05) is 35.4 Å². The predicted octanol–water partition coefficient (Wildman–Crippen LogP) is 4.02. The van der Waals surface area contributed by atoms with E-state index in [4.69, 9.17) is 31.5 Å². The number of halogens is 1. The second-order valence-corrected chi connectivity index (χ2v) is 8.82. The van der Waals surface area contributed by atoms with Gasteiger partial charge in [0.25, 0.3) is 11.8 Å². The molecule has 2 amide bonds. The Morgan fingerprint density at radius 3 is 2.68 bits per heavy atom. The lowest BCUT2D eigenvalue weighted by Crippen LogP contribution is -2.50. The zero-order chi connectivity index (χ0) is 23.9. The van der Waals surface area contributed by atoms with Gasteiger partial charge in [-0.05, 0) is 42.5 Å². The Morgan fingerprint density at radius 1 is 1.15 bits per heavy atom. The van der Waals surface area contributed by atoms with Crippen molar-refractivity contribution in [3.05, 3.63) is 71.0 Å². The topological polar surface area (TPSA) is 96.0 Å². The van der Waals surface area contributed by atoms with Crippen LogP contribution in [0.2, 0.25) is 5.02 Å². The molecule has 9 heteroatoms. The maximum atomic E-state index is 13.2. The number of rotatable bonds is 5. The monoisotopic (exact) mass is 485 g/mol. The minimum atomic E-state index is -0.592. The van der Waals surface area contributed by atoms with Crippen LogP contribution in [0.25, 0.3) is 5.69 Å². The molecule has 1 spiro atoms. The van der Waals surface area contributed by atoms with Crippen LogP contribution >= 0.6 is 11.6 Å². The van der Waals surface area contributed by atoms with E-state index in [9.17, 15) is 9.59 Å². The highest BCUT2D eigenvalue weighted by molar-refractivity contribution is 6.30. The van der Waals surface area contributed by atoms with Gasteiger partial charge in [-0.15, -0.1) is 0 Å². The predicted molar refractivity (Wildman–Crippen MR) is 130 cm³/mol. The highest BCUT2D eigenvalue weighted by Crippen LogP contribution is 2.46. The first-order chi connectivity index (χ1) is 16.4. The number of hydrogen-bond acceptors (Lipinski definition) is 5. The molecular weight excluding hydrogens is 458 g/mol. The largest absolute Gasteiger partial charge is 0.493 e. The minimum absolute atomic E-state index is 0. The average Bonchev–Trinajstić information content (AvgIpc) is 3.34. The molecule has 3 heterocycles. The third kappa shape index (κ3) is 3.84. The zero-order valence-electron chi connectivity index (χ0n) is 18.6. The summed E-state index contributed by atoms with van der Waals surface area (Å²) in [6.07, 6.45) is 3.31. The number of aromatic nitrogens is 1. The smallest absolute Gasteiger partial charge is 0.255 e. The van der Waals surface area contributed by atoms with Crippen LogP contribution in [-0.2, 0) is 10.4 Å². The second-order valence-electron chi connectivity index (χ2n) is 8.38. The number of carbonyl (C=O) groups excluding carboxylic acids is 2. The van der Waals surface area contributed by atoms with Gasteiger partial charge in [-0.2, -0.15) is 0 Å². The van der Waals surface area contributed by atoms with Gasteiger partial charge in [0.15, 0.2) is 23.7 Å². The summed E-state index contributed by atoms with van der Waals surface area (Å²) in [5, 5.41) is 0.620. The Morgan fingerprint density at radius 2 is 1.94 bits per heavy atom. The second kappa shape index (κ2) is 8.61. The molecule has 2 aromatic carbocycles. The van der Waals surface area contributed by atoms with E-state index >= 15 is 0 Å². The number of nitrogens with two attached hydrogens (primary N) is 1. The standard InChI is InChI=1S/C25H24ClN3O5.2H2/c1-32-21-13-16(4-7-19(21)33-15-23(27)30)24(31)28-11-8-25(9-12-28)22-3-2-10-29(22)18-6-5-17(26)14-20(18)34-25;;/h2-7,10,13-14H,8-9,11-12,15H2,1H3,(H2,27,30);2*1H. The fourth-order valence-corrected chi connectivity index (χ4v) is 4.84. The van der Waals surface area contributed by atoms with Crippen molar-refractivity contribution in [2.24, 2.45) is 5.73 Å². The molecule has 0 atom stereocenters. The van der Waals surface area contributed by atoms with Crippen molar-refractivity contribution in [1.82, 2.24) is 9.47 Å². The van der Waals surface area contributed by atoms with E-state index in [-0.39, 0.29) is 15.4 Å². The summed E-state index contributed by atoms with van der Waals surface area (Å²) in [5.74, 6) is 0.758. The molecule has 2 N–H and O–H groups in total. The fraction of sp³-hybridized carbons (Fsp3) is 0.280. The quantitative estimate of drug-likeness (QED) is 0.588. The summed E-state index contributed by atoms with van der Waals surface area (Å²) in [5.41, 5.74) is 7.12. The lowest BCUT2D eigenvalue weighted by molar-refractivity contribution is -0.119. The number of nitrogens with zero attached hydrogens (tertiary/aromatic N) is 2. The molecule has 8 nitrogen and oxygen atoms in total. The molecule has 2 aliphatic rings. The zero-order valence-corrected chi connectivity index (χ0v) is 19.4. The number of fused-ring (bicyclic) bond motifs is 4. The highest BCUT2D eigenvalue weighted by Gasteiger charge is 2.44. The number of piperidine rings is 1. The van der Waals surface area contributed by atoms with E-state index < -0.39 is 11.5 Å². The van der Waals surface area contributed by atoms with E-state index in [1.165, 1.54) is 7.11 Å². The van der Waals surface area contributed by atoms with Crippen LogP contribution in [0.1, 0.15) is 31.7 Å². The Bertz CT molecular complexity index is 1270. The van der Waals surface area contributed by atoms with Gasteiger partial charge in [-0.25, -0.2) is 0 Å². The van der Waals surface area contributed by atoms with Gasteiger partial charge in [0.05, 0.1) is 18.5 Å². The average molecular weight is 486 g/mol. The normalized spacial score (nSPS) is 15.8. The van der Waals surface area contributed by atoms with Crippen molar-refractivity contribution >= 4 is 23.4 Å². The van der Waals surface area contributed by atoms with Crippen molar-refractivity contribution in [2.75, 3.05) is 26.8 Å². The molecule has 5 rings (SSSR count). The first-order valence-corrected chi connectivity index (χ1v) is 11.3. The number of benzene rings is 2. The Labute approximate surface area is 204 Å². The van der Waals surface area contributed by atoms with E-state index in [0.29, 0.717) is 48.0 Å². The van der Waals surface area contributed by atoms with Crippen LogP contribution in [0, 0.1) is 0 Å². The fourth-order valence-electron chi connectivity index (χ4n) is 4.67. The minimum Gasteiger partial charge on any atom is -0.493 e. The Hall–Kier alpha value is -3.65. The van der Waals surface area contributed by atoms with E-state index in [1.54, 1.807) is 18.2 Å². The molecule has 180 valence electrons. The molecule has 34 heavy (non-hydrogen) atoms. The Kier molecular flexibility index (Phi) is 5.61. The summed E-state index contributed by atoms with van der Waals surface area (Å²) in [6, 6.07) is 14.6. The van der Waals surface area contributed by atoms with E-state index in [0.717, 1.165) is 17.1 Å². The number of methoxy groups -OCH3 is 1.